The van der Waals surface area contributed by atoms with Gasteiger partial charge in [0.25, 0.3) is 0 Å². The first-order valence-electron chi connectivity index (χ1n) is 8.28. The Morgan fingerprint density at radius 2 is 1.92 bits per heavy atom. The van der Waals surface area contributed by atoms with Crippen LogP contribution in [0, 0.1) is 0 Å². The fourth-order valence-electron chi connectivity index (χ4n) is 2.64. The number of benzene rings is 2. The molecule has 0 aliphatic heterocycles. The molecule has 6 heteroatoms. The van der Waals surface area contributed by atoms with Gasteiger partial charge in [0.15, 0.2) is 0 Å². The van der Waals surface area contributed by atoms with Gasteiger partial charge in [-0.25, -0.2) is 9.78 Å². The zero-order chi connectivity index (χ0) is 17.5. The van der Waals surface area contributed by atoms with Crippen molar-refractivity contribution in [2.75, 3.05) is 12.0 Å². The van der Waals surface area contributed by atoms with Crippen molar-refractivity contribution in [1.82, 2.24) is 20.6 Å². The third-order valence-electron chi connectivity index (χ3n) is 3.95. The minimum atomic E-state index is -0.185. The highest BCUT2D eigenvalue weighted by Gasteiger charge is 2.18. The van der Waals surface area contributed by atoms with E-state index in [1.54, 1.807) is 11.8 Å². The normalized spacial score (nSPS) is 12.0. The highest BCUT2D eigenvalue weighted by Crippen LogP contribution is 2.19. The molecule has 0 bridgehead atoms. The first-order chi connectivity index (χ1) is 12.3. The Hall–Kier alpha value is -2.47. The summed E-state index contributed by atoms with van der Waals surface area (Å²) in [7, 11) is 0. The van der Waals surface area contributed by atoms with Gasteiger partial charge in [0, 0.05) is 6.54 Å². The number of amides is 2. The molecule has 0 fully saturated rings. The Kier molecular flexibility index (Phi) is 5.95. The Labute approximate surface area is 151 Å². The number of aromatic nitrogens is 2. The van der Waals surface area contributed by atoms with E-state index in [1.165, 1.54) is 0 Å². The Bertz CT molecular complexity index is 785. The molecule has 2 amide bonds. The summed E-state index contributed by atoms with van der Waals surface area (Å²) in [4.78, 5) is 20.3. The Morgan fingerprint density at radius 1 is 1.16 bits per heavy atom. The van der Waals surface area contributed by atoms with Crippen LogP contribution in [-0.2, 0) is 6.54 Å². The van der Waals surface area contributed by atoms with Gasteiger partial charge in [0.1, 0.15) is 5.82 Å². The highest BCUT2D eigenvalue weighted by atomic mass is 32.2. The number of hydrogen-bond donors (Lipinski definition) is 3. The Morgan fingerprint density at radius 3 is 2.68 bits per heavy atom. The summed E-state index contributed by atoms with van der Waals surface area (Å²) in [5.41, 5.74) is 2.97. The summed E-state index contributed by atoms with van der Waals surface area (Å²) in [5, 5.41) is 5.95. The second kappa shape index (κ2) is 8.58. The third kappa shape index (κ3) is 4.76. The minimum Gasteiger partial charge on any atom is -0.340 e. The van der Waals surface area contributed by atoms with E-state index in [4.69, 9.17) is 0 Å². The average molecular weight is 354 g/mol. The molecule has 0 radical (unpaired) electrons. The maximum Gasteiger partial charge on any atom is 0.315 e. The molecule has 0 unspecified atom stereocenters. The van der Waals surface area contributed by atoms with Gasteiger partial charge >= 0.3 is 6.03 Å². The summed E-state index contributed by atoms with van der Waals surface area (Å²) in [6.45, 7) is 0.502. The van der Waals surface area contributed by atoms with Crippen LogP contribution in [0.25, 0.3) is 11.0 Å². The summed E-state index contributed by atoms with van der Waals surface area (Å²) in [6.07, 6.45) is 2.88. The van der Waals surface area contributed by atoms with E-state index in [-0.39, 0.29) is 12.1 Å². The summed E-state index contributed by atoms with van der Waals surface area (Å²) >= 11 is 1.76. The number of carbonyl (C=O) groups excluding carboxylic acids is 1. The van der Waals surface area contributed by atoms with E-state index in [2.05, 4.69) is 26.9 Å². The van der Waals surface area contributed by atoms with Crippen molar-refractivity contribution in [3.8, 4) is 0 Å². The number of rotatable bonds is 7. The van der Waals surface area contributed by atoms with Crippen molar-refractivity contribution in [3.63, 3.8) is 0 Å². The van der Waals surface area contributed by atoms with Crippen molar-refractivity contribution in [3.05, 3.63) is 66.0 Å². The third-order valence-corrected chi connectivity index (χ3v) is 4.59. The van der Waals surface area contributed by atoms with Crippen LogP contribution in [0.2, 0.25) is 0 Å². The lowest BCUT2D eigenvalue weighted by molar-refractivity contribution is 0.236. The number of para-hydroxylation sites is 2. The lowest BCUT2D eigenvalue weighted by atomic mass is 10.2. The zero-order valence-corrected chi connectivity index (χ0v) is 15.0. The van der Waals surface area contributed by atoms with Gasteiger partial charge in [0.2, 0.25) is 0 Å². The summed E-state index contributed by atoms with van der Waals surface area (Å²) in [5.74, 6) is 1.74. The number of aromatic amines is 1. The van der Waals surface area contributed by atoms with Crippen LogP contribution < -0.4 is 10.6 Å². The van der Waals surface area contributed by atoms with Crippen molar-refractivity contribution in [1.29, 1.82) is 0 Å². The van der Waals surface area contributed by atoms with Crippen molar-refractivity contribution in [2.24, 2.45) is 0 Å². The first kappa shape index (κ1) is 17.4. The molecule has 3 N–H and O–H groups in total. The van der Waals surface area contributed by atoms with Gasteiger partial charge in [-0.15, -0.1) is 0 Å². The molecular formula is C19H22N4OS. The number of fused-ring (bicyclic) bond motifs is 1. The molecule has 1 heterocycles. The smallest absolute Gasteiger partial charge is 0.315 e. The van der Waals surface area contributed by atoms with E-state index in [0.29, 0.717) is 6.54 Å². The standard InChI is InChI=1S/C19H22N4OS/c1-25-12-11-17(18-21-15-9-5-6-10-16(15)22-18)23-19(24)20-13-14-7-3-2-4-8-14/h2-10,17H,11-13H2,1H3,(H,21,22)(H2,20,23,24)/t17-/m0/s1. The number of nitrogens with one attached hydrogen (secondary N) is 3. The number of imidazole rings is 1. The van der Waals surface area contributed by atoms with Gasteiger partial charge in [-0.2, -0.15) is 11.8 Å². The van der Waals surface area contributed by atoms with Crippen LogP contribution in [0.5, 0.6) is 0 Å². The number of nitrogens with zero attached hydrogens (tertiary/aromatic N) is 1. The van der Waals surface area contributed by atoms with E-state index in [0.717, 1.165) is 34.6 Å². The monoisotopic (exact) mass is 354 g/mol. The lowest BCUT2D eigenvalue weighted by Crippen LogP contribution is -2.38. The minimum absolute atomic E-state index is 0.143. The number of H-pyrrole nitrogens is 1. The number of carbonyl (C=O) groups is 1. The van der Waals surface area contributed by atoms with E-state index in [9.17, 15) is 4.79 Å². The first-order valence-corrected chi connectivity index (χ1v) is 9.67. The van der Waals surface area contributed by atoms with E-state index >= 15 is 0 Å². The van der Waals surface area contributed by atoms with Crippen LogP contribution in [0.1, 0.15) is 23.9 Å². The molecule has 3 rings (SSSR count). The molecule has 0 saturated heterocycles. The summed E-state index contributed by atoms with van der Waals surface area (Å²) < 4.78 is 0. The fourth-order valence-corrected chi connectivity index (χ4v) is 3.11. The largest absolute Gasteiger partial charge is 0.340 e. The van der Waals surface area contributed by atoms with Gasteiger partial charge in [-0.1, -0.05) is 42.5 Å². The van der Waals surface area contributed by atoms with Crippen molar-refractivity contribution >= 4 is 28.8 Å². The predicted octanol–water partition coefficient (Wildman–Crippen LogP) is 3.86. The van der Waals surface area contributed by atoms with Crippen LogP contribution in [-0.4, -0.2) is 28.0 Å². The van der Waals surface area contributed by atoms with Gasteiger partial charge < -0.3 is 15.6 Å². The van der Waals surface area contributed by atoms with Gasteiger partial charge in [-0.3, -0.25) is 0 Å². The van der Waals surface area contributed by atoms with E-state index in [1.807, 2.05) is 54.6 Å². The molecule has 25 heavy (non-hydrogen) atoms. The molecular weight excluding hydrogens is 332 g/mol. The second-order valence-corrected chi connectivity index (χ2v) is 6.77. The highest BCUT2D eigenvalue weighted by molar-refractivity contribution is 7.98. The van der Waals surface area contributed by atoms with E-state index < -0.39 is 0 Å². The number of hydrogen-bond acceptors (Lipinski definition) is 3. The summed E-state index contributed by atoms with van der Waals surface area (Å²) in [6, 6.07) is 17.4. The number of thioether (sulfide) groups is 1. The van der Waals surface area contributed by atoms with Crippen molar-refractivity contribution in [2.45, 2.75) is 19.0 Å². The van der Waals surface area contributed by atoms with Crippen LogP contribution in [0.15, 0.2) is 54.6 Å². The maximum atomic E-state index is 12.3. The Balaban J connectivity index is 1.66. The van der Waals surface area contributed by atoms with Crippen LogP contribution in [0.4, 0.5) is 4.79 Å². The number of urea groups is 1. The average Bonchev–Trinajstić information content (AvgIpc) is 3.08. The molecule has 2 aromatic carbocycles. The second-order valence-electron chi connectivity index (χ2n) is 5.79. The van der Waals surface area contributed by atoms with Crippen molar-refractivity contribution < 1.29 is 4.79 Å². The maximum absolute atomic E-state index is 12.3. The SMILES string of the molecule is CSCC[C@H](NC(=O)NCc1ccccc1)c1nc2ccccc2[nH]1. The van der Waals surface area contributed by atoms with Crippen LogP contribution in [0.3, 0.4) is 0 Å². The molecule has 0 aliphatic rings. The quantitative estimate of drug-likeness (QED) is 0.603. The molecule has 0 saturated carbocycles. The molecule has 130 valence electrons. The van der Waals surface area contributed by atoms with Crippen LogP contribution >= 0.6 is 11.8 Å². The topological polar surface area (TPSA) is 69.8 Å². The molecule has 0 aliphatic carbocycles. The van der Waals surface area contributed by atoms with Gasteiger partial charge in [-0.05, 0) is 36.1 Å². The lowest BCUT2D eigenvalue weighted by Gasteiger charge is -2.17. The predicted molar refractivity (Wildman–Crippen MR) is 104 cm³/mol. The molecule has 1 aromatic heterocycles. The zero-order valence-electron chi connectivity index (χ0n) is 14.2. The molecule has 3 aromatic rings. The fraction of sp³-hybridized carbons (Fsp3) is 0.263. The molecule has 5 nitrogen and oxygen atoms in total. The molecule has 0 spiro atoms. The molecule has 1 atom stereocenters. The van der Waals surface area contributed by atoms with Gasteiger partial charge in [0.05, 0.1) is 17.1 Å².